The van der Waals surface area contributed by atoms with E-state index in [2.05, 4.69) is 5.32 Å². The van der Waals surface area contributed by atoms with Crippen molar-refractivity contribution in [2.75, 3.05) is 17.2 Å². The number of sulfone groups is 1. The number of hydrogen-bond acceptors (Lipinski definition) is 6. The average molecular weight is 313 g/mol. The molecule has 1 heterocycles. The summed E-state index contributed by atoms with van der Waals surface area (Å²) in [6.45, 7) is 0. The molecule has 3 N–H and O–H groups in total. The maximum Gasteiger partial charge on any atom is 0.282 e. The van der Waals surface area contributed by atoms with Crippen molar-refractivity contribution in [3.8, 4) is 0 Å². The number of carbonyl (C=O) groups excluding carboxylic acids is 1. The van der Waals surface area contributed by atoms with Gasteiger partial charge in [0.25, 0.3) is 11.6 Å². The minimum Gasteiger partial charge on any atom is -0.399 e. The lowest BCUT2D eigenvalue weighted by molar-refractivity contribution is -0.385. The number of carbonyl (C=O) groups is 1. The van der Waals surface area contributed by atoms with Gasteiger partial charge in [0.1, 0.15) is 5.56 Å². The Morgan fingerprint density at radius 3 is 2.76 bits per heavy atom. The van der Waals surface area contributed by atoms with Gasteiger partial charge in [-0.1, -0.05) is 0 Å². The summed E-state index contributed by atoms with van der Waals surface area (Å²) in [7, 11) is -3.17. The van der Waals surface area contributed by atoms with Gasteiger partial charge in [0.05, 0.1) is 16.4 Å². The second kappa shape index (κ2) is 5.68. The largest absolute Gasteiger partial charge is 0.399 e. The van der Waals surface area contributed by atoms with Gasteiger partial charge < -0.3 is 11.1 Å². The third kappa shape index (κ3) is 3.69. The molecule has 0 saturated carbocycles. The zero-order valence-corrected chi connectivity index (χ0v) is 11.9. The molecular formula is C12H15N3O5S. The van der Waals surface area contributed by atoms with Gasteiger partial charge in [0.15, 0.2) is 9.84 Å². The number of rotatable bonds is 3. The van der Waals surface area contributed by atoms with Crippen molar-refractivity contribution in [3.05, 3.63) is 33.9 Å². The first-order chi connectivity index (χ1) is 9.78. The van der Waals surface area contributed by atoms with Crippen LogP contribution in [0.15, 0.2) is 18.2 Å². The van der Waals surface area contributed by atoms with Crippen LogP contribution in [0.2, 0.25) is 0 Å². The highest BCUT2D eigenvalue weighted by atomic mass is 32.2. The SMILES string of the molecule is Nc1ccc([N+](=O)[O-])c(C(=O)NC2CCCS(=O)(=O)C2)c1. The van der Waals surface area contributed by atoms with Crippen molar-refractivity contribution in [2.24, 2.45) is 0 Å². The van der Waals surface area contributed by atoms with Crippen LogP contribution in [0.3, 0.4) is 0 Å². The van der Waals surface area contributed by atoms with E-state index < -0.39 is 26.7 Å². The molecule has 0 radical (unpaired) electrons. The predicted octanol–water partition coefficient (Wildman–Crippen LogP) is 0.484. The second-order valence-electron chi connectivity index (χ2n) is 4.96. The molecule has 1 aliphatic rings. The van der Waals surface area contributed by atoms with E-state index in [0.717, 1.165) is 6.07 Å². The van der Waals surface area contributed by atoms with Gasteiger partial charge in [0.2, 0.25) is 0 Å². The molecule has 0 bridgehead atoms. The summed E-state index contributed by atoms with van der Waals surface area (Å²) >= 11 is 0. The summed E-state index contributed by atoms with van der Waals surface area (Å²) in [5.41, 5.74) is 5.24. The Labute approximate surface area is 121 Å². The number of nitrogens with two attached hydrogens (primary N) is 1. The topological polar surface area (TPSA) is 132 Å². The van der Waals surface area contributed by atoms with Gasteiger partial charge in [-0.15, -0.1) is 0 Å². The third-order valence-electron chi connectivity index (χ3n) is 3.26. The van der Waals surface area contributed by atoms with Gasteiger partial charge in [-0.3, -0.25) is 14.9 Å². The van der Waals surface area contributed by atoms with Crippen LogP contribution in [0.25, 0.3) is 0 Å². The Morgan fingerprint density at radius 1 is 1.43 bits per heavy atom. The zero-order valence-electron chi connectivity index (χ0n) is 11.1. The van der Waals surface area contributed by atoms with Crippen molar-refractivity contribution >= 4 is 27.1 Å². The lowest BCUT2D eigenvalue weighted by atomic mass is 10.1. The summed E-state index contributed by atoms with van der Waals surface area (Å²) in [6, 6.07) is 3.17. The standard InChI is InChI=1S/C12H15N3O5S/c13-8-3-4-11(15(17)18)10(6-8)12(16)14-9-2-1-5-21(19,20)7-9/h3-4,6,9H,1-2,5,7,13H2,(H,14,16). The predicted molar refractivity (Wildman–Crippen MR) is 76.7 cm³/mol. The van der Waals surface area contributed by atoms with Gasteiger partial charge in [-0.05, 0) is 25.0 Å². The Morgan fingerprint density at radius 2 is 2.14 bits per heavy atom. The van der Waals surface area contributed by atoms with Crippen LogP contribution < -0.4 is 11.1 Å². The zero-order chi connectivity index (χ0) is 15.6. The Balaban J connectivity index is 2.21. The van der Waals surface area contributed by atoms with Crippen molar-refractivity contribution in [1.29, 1.82) is 0 Å². The van der Waals surface area contributed by atoms with Crippen molar-refractivity contribution in [3.63, 3.8) is 0 Å². The fourth-order valence-electron chi connectivity index (χ4n) is 2.29. The number of amides is 1. The third-order valence-corrected chi connectivity index (χ3v) is 5.08. The first-order valence-corrected chi connectivity index (χ1v) is 8.16. The highest BCUT2D eigenvalue weighted by Gasteiger charge is 2.28. The molecule has 0 aromatic heterocycles. The van der Waals surface area contributed by atoms with Crippen LogP contribution in [0.5, 0.6) is 0 Å². The normalized spacial score (nSPS) is 20.7. The maximum absolute atomic E-state index is 12.1. The summed E-state index contributed by atoms with van der Waals surface area (Å²) in [6.07, 6.45) is 0.993. The number of hydrogen-bond donors (Lipinski definition) is 2. The number of nitro groups is 1. The molecule has 0 spiro atoms. The molecule has 1 aromatic rings. The van der Waals surface area contributed by atoms with E-state index in [1.807, 2.05) is 0 Å². The number of nitrogen functional groups attached to an aromatic ring is 1. The summed E-state index contributed by atoms with van der Waals surface area (Å²) in [5.74, 6) is -0.719. The van der Waals surface area contributed by atoms with Crippen LogP contribution in [-0.4, -0.2) is 36.8 Å². The number of benzene rings is 1. The smallest absolute Gasteiger partial charge is 0.282 e. The summed E-state index contributed by atoms with van der Waals surface area (Å²) < 4.78 is 23.1. The minimum absolute atomic E-state index is 0.109. The van der Waals surface area contributed by atoms with Crippen molar-refractivity contribution in [1.82, 2.24) is 5.32 Å². The average Bonchev–Trinajstić information content (AvgIpc) is 2.36. The quantitative estimate of drug-likeness (QED) is 0.474. The van der Waals surface area contributed by atoms with E-state index in [9.17, 15) is 23.3 Å². The van der Waals surface area contributed by atoms with E-state index in [1.54, 1.807) is 0 Å². The van der Waals surface area contributed by atoms with Crippen LogP contribution in [0.4, 0.5) is 11.4 Å². The van der Waals surface area contributed by atoms with E-state index >= 15 is 0 Å². The molecule has 1 amide bonds. The van der Waals surface area contributed by atoms with Gasteiger partial charge >= 0.3 is 0 Å². The Hall–Kier alpha value is -2.16. The fourth-order valence-corrected chi connectivity index (χ4v) is 3.93. The minimum atomic E-state index is -3.17. The lowest BCUT2D eigenvalue weighted by Crippen LogP contribution is -2.43. The Bertz CT molecular complexity index is 686. The first-order valence-electron chi connectivity index (χ1n) is 6.34. The molecule has 1 unspecified atom stereocenters. The molecular weight excluding hydrogens is 298 g/mol. The van der Waals surface area contributed by atoms with E-state index in [1.165, 1.54) is 12.1 Å². The molecule has 8 nitrogen and oxygen atoms in total. The molecule has 21 heavy (non-hydrogen) atoms. The van der Waals surface area contributed by atoms with Crippen LogP contribution >= 0.6 is 0 Å². The molecule has 1 saturated heterocycles. The fraction of sp³-hybridized carbons (Fsp3) is 0.417. The highest BCUT2D eigenvalue weighted by molar-refractivity contribution is 7.91. The highest BCUT2D eigenvalue weighted by Crippen LogP contribution is 2.22. The van der Waals surface area contributed by atoms with E-state index in [0.29, 0.717) is 12.8 Å². The first kappa shape index (κ1) is 15.2. The maximum atomic E-state index is 12.1. The molecule has 1 aromatic carbocycles. The van der Waals surface area contributed by atoms with Gasteiger partial charge in [-0.25, -0.2) is 8.42 Å². The second-order valence-corrected chi connectivity index (χ2v) is 7.19. The lowest BCUT2D eigenvalue weighted by Gasteiger charge is -2.23. The molecule has 0 aliphatic carbocycles. The number of anilines is 1. The van der Waals surface area contributed by atoms with Crippen LogP contribution in [0.1, 0.15) is 23.2 Å². The number of nitro benzene ring substituents is 1. The van der Waals surface area contributed by atoms with Crippen LogP contribution in [-0.2, 0) is 9.84 Å². The van der Waals surface area contributed by atoms with Crippen LogP contribution in [0, 0.1) is 10.1 Å². The van der Waals surface area contributed by atoms with Crippen molar-refractivity contribution < 1.29 is 18.1 Å². The molecule has 9 heteroatoms. The van der Waals surface area contributed by atoms with E-state index in [4.69, 9.17) is 5.73 Å². The molecule has 1 aliphatic heterocycles. The summed E-state index contributed by atoms with van der Waals surface area (Å²) in [4.78, 5) is 22.4. The molecule has 1 fully saturated rings. The van der Waals surface area contributed by atoms with Gasteiger partial charge in [-0.2, -0.15) is 0 Å². The molecule has 2 rings (SSSR count). The van der Waals surface area contributed by atoms with Crippen molar-refractivity contribution in [2.45, 2.75) is 18.9 Å². The number of nitrogens with one attached hydrogen (secondary N) is 1. The van der Waals surface area contributed by atoms with Gasteiger partial charge in [0, 0.05) is 17.8 Å². The molecule has 1 atom stereocenters. The number of nitrogens with zero attached hydrogens (tertiary/aromatic N) is 1. The van der Waals surface area contributed by atoms with E-state index in [-0.39, 0.29) is 28.4 Å². The Kier molecular flexibility index (Phi) is 4.12. The molecule has 114 valence electrons. The summed E-state index contributed by atoms with van der Waals surface area (Å²) in [5, 5.41) is 13.5. The monoisotopic (exact) mass is 313 g/mol.